The highest BCUT2D eigenvalue weighted by Crippen LogP contribution is 2.32. The molecule has 6 aromatic rings. The van der Waals surface area contributed by atoms with Crippen molar-refractivity contribution in [1.29, 1.82) is 0 Å². The van der Waals surface area contributed by atoms with Crippen molar-refractivity contribution in [3.05, 3.63) is 73.3 Å². The predicted molar refractivity (Wildman–Crippen MR) is 148 cm³/mol. The van der Waals surface area contributed by atoms with Gasteiger partial charge in [0.25, 0.3) is 0 Å². The minimum atomic E-state index is -0.0949. The van der Waals surface area contributed by atoms with E-state index in [1.54, 1.807) is 24.8 Å². The summed E-state index contributed by atoms with van der Waals surface area (Å²) in [5, 5.41) is 11.5. The minimum Gasteiger partial charge on any atom is -0.335 e. The van der Waals surface area contributed by atoms with Crippen LogP contribution >= 0.6 is 0 Å². The van der Waals surface area contributed by atoms with Crippen LogP contribution < -0.4 is 5.32 Å². The van der Waals surface area contributed by atoms with E-state index in [0.717, 1.165) is 38.8 Å². The number of aromatic amines is 2. The van der Waals surface area contributed by atoms with Gasteiger partial charge in [-0.25, -0.2) is 9.97 Å². The van der Waals surface area contributed by atoms with Crippen LogP contribution in [-0.2, 0) is 4.79 Å². The fourth-order valence-electron chi connectivity index (χ4n) is 4.49. The lowest BCUT2D eigenvalue weighted by atomic mass is 9.92. The average Bonchev–Trinajstić information content (AvgIpc) is 3.51. The summed E-state index contributed by atoms with van der Waals surface area (Å²) in [6, 6.07) is 15.7. The highest BCUT2D eigenvalue weighted by Gasteiger charge is 2.18. The molecule has 0 radical (unpaired) electrons. The van der Waals surface area contributed by atoms with Gasteiger partial charge in [0.1, 0.15) is 5.69 Å². The van der Waals surface area contributed by atoms with Gasteiger partial charge in [0.15, 0.2) is 11.5 Å². The maximum Gasteiger partial charge on any atom is 0.224 e. The highest BCUT2D eigenvalue weighted by molar-refractivity contribution is 5.97. The molecule has 0 bridgehead atoms. The summed E-state index contributed by atoms with van der Waals surface area (Å²) >= 11 is 0. The Morgan fingerprint density at radius 3 is 2.68 bits per heavy atom. The lowest BCUT2D eigenvalue weighted by Crippen LogP contribution is -2.19. The van der Waals surface area contributed by atoms with Crippen LogP contribution in [0.5, 0.6) is 0 Å². The molecule has 0 saturated carbocycles. The lowest BCUT2D eigenvalue weighted by Gasteiger charge is -2.17. The lowest BCUT2D eigenvalue weighted by molar-refractivity contribution is -0.117. The van der Waals surface area contributed by atoms with Gasteiger partial charge < -0.3 is 10.3 Å². The van der Waals surface area contributed by atoms with E-state index in [2.05, 4.69) is 35.5 Å². The van der Waals surface area contributed by atoms with E-state index < -0.39 is 0 Å². The van der Waals surface area contributed by atoms with Crippen LogP contribution in [0.3, 0.4) is 0 Å². The number of nitrogens with one attached hydrogen (secondary N) is 3. The molecule has 6 rings (SSSR count). The molecule has 0 fully saturated rings. The Bertz CT molecular complexity index is 1780. The number of benzene rings is 1. The molecule has 0 spiro atoms. The van der Waals surface area contributed by atoms with Crippen molar-refractivity contribution in [2.75, 3.05) is 5.32 Å². The standard InChI is InChI=1S/C29H26N8O/c1-29(2,3)14-24(38)33-19-12-18(15-30-16-19)17-7-8-23-21(13-17)26(37-36-23)28-34-25-20(9-11-32-27(25)35-28)22-6-4-5-10-31-22/h4-13,15-16H,14H2,1-3H3,(H,33,38)(H,36,37)(H,32,34,35). The van der Waals surface area contributed by atoms with Crippen LogP contribution in [0.15, 0.2) is 73.3 Å². The van der Waals surface area contributed by atoms with Crippen molar-refractivity contribution in [3.8, 4) is 33.9 Å². The van der Waals surface area contributed by atoms with Crippen molar-refractivity contribution in [1.82, 2.24) is 35.1 Å². The Balaban J connectivity index is 1.36. The maximum absolute atomic E-state index is 12.4. The third kappa shape index (κ3) is 4.61. The summed E-state index contributed by atoms with van der Waals surface area (Å²) in [4.78, 5) is 33.9. The molecular formula is C29H26N8O. The minimum absolute atomic E-state index is 0.0346. The van der Waals surface area contributed by atoms with Crippen LogP contribution in [0.2, 0.25) is 0 Å². The molecule has 0 aliphatic rings. The molecule has 3 N–H and O–H groups in total. The van der Waals surface area contributed by atoms with E-state index in [-0.39, 0.29) is 11.3 Å². The van der Waals surface area contributed by atoms with Gasteiger partial charge in [-0.1, -0.05) is 32.9 Å². The van der Waals surface area contributed by atoms with Gasteiger partial charge in [0, 0.05) is 41.5 Å². The van der Waals surface area contributed by atoms with Crippen LogP contribution in [0.4, 0.5) is 5.69 Å². The Morgan fingerprint density at radius 1 is 0.974 bits per heavy atom. The molecule has 0 unspecified atom stereocenters. The summed E-state index contributed by atoms with van der Waals surface area (Å²) in [5.74, 6) is 0.577. The number of pyridine rings is 3. The number of fused-ring (bicyclic) bond motifs is 2. The first-order chi connectivity index (χ1) is 18.3. The Kier molecular flexibility index (Phi) is 5.68. The number of amides is 1. The number of carbonyl (C=O) groups is 1. The van der Waals surface area contributed by atoms with Crippen molar-refractivity contribution in [2.24, 2.45) is 5.41 Å². The number of rotatable bonds is 5. The second-order valence-corrected chi connectivity index (χ2v) is 10.4. The summed E-state index contributed by atoms with van der Waals surface area (Å²) in [5.41, 5.74) is 7.13. The fraction of sp³-hybridized carbons (Fsp3) is 0.172. The number of aromatic nitrogens is 7. The Morgan fingerprint density at radius 2 is 1.87 bits per heavy atom. The largest absolute Gasteiger partial charge is 0.335 e. The van der Waals surface area contributed by atoms with E-state index in [0.29, 0.717) is 29.3 Å². The SMILES string of the molecule is CC(C)(C)CC(=O)Nc1cncc(-c2ccc3[nH]nc(-c4nc5nccc(-c6ccccn6)c5[nH]4)c3c2)c1. The third-order valence-electron chi connectivity index (χ3n) is 6.17. The zero-order chi connectivity index (χ0) is 26.3. The second-order valence-electron chi connectivity index (χ2n) is 10.4. The second kappa shape index (κ2) is 9.19. The molecule has 1 amide bonds. The molecule has 1 aromatic carbocycles. The topological polar surface area (TPSA) is 125 Å². The molecule has 0 atom stereocenters. The van der Waals surface area contributed by atoms with Gasteiger partial charge in [-0.05, 0) is 47.4 Å². The van der Waals surface area contributed by atoms with Crippen molar-refractivity contribution in [2.45, 2.75) is 27.2 Å². The zero-order valence-electron chi connectivity index (χ0n) is 21.3. The van der Waals surface area contributed by atoms with E-state index in [4.69, 9.17) is 4.98 Å². The first-order valence-corrected chi connectivity index (χ1v) is 12.3. The molecule has 9 heteroatoms. The summed E-state index contributed by atoms with van der Waals surface area (Å²) in [7, 11) is 0. The third-order valence-corrected chi connectivity index (χ3v) is 6.17. The van der Waals surface area contributed by atoms with E-state index >= 15 is 0 Å². The van der Waals surface area contributed by atoms with Crippen LogP contribution in [0.1, 0.15) is 27.2 Å². The monoisotopic (exact) mass is 502 g/mol. The van der Waals surface area contributed by atoms with Gasteiger partial charge in [-0.2, -0.15) is 5.10 Å². The summed E-state index contributed by atoms with van der Waals surface area (Å²) < 4.78 is 0. The van der Waals surface area contributed by atoms with E-state index in [1.165, 1.54) is 0 Å². The van der Waals surface area contributed by atoms with Gasteiger partial charge >= 0.3 is 0 Å². The van der Waals surface area contributed by atoms with Crippen LogP contribution in [0, 0.1) is 5.41 Å². The first-order valence-electron chi connectivity index (χ1n) is 12.3. The molecule has 38 heavy (non-hydrogen) atoms. The Labute approximate surface area is 218 Å². The van der Waals surface area contributed by atoms with Crippen molar-refractivity contribution in [3.63, 3.8) is 0 Å². The molecule has 0 saturated heterocycles. The number of imidazole rings is 1. The summed E-state index contributed by atoms with van der Waals surface area (Å²) in [6.07, 6.45) is 7.37. The molecular weight excluding hydrogens is 476 g/mol. The normalized spacial score (nSPS) is 11.8. The number of carbonyl (C=O) groups excluding carboxylic acids is 1. The molecule has 0 aliphatic heterocycles. The van der Waals surface area contributed by atoms with Gasteiger partial charge in [0.05, 0.1) is 28.6 Å². The number of hydrogen-bond donors (Lipinski definition) is 3. The molecule has 5 heterocycles. The Hall–Kier alpha value is -4.92. The quantitative estimate of drug-likeness (QED) is 0.265. The van der Waals surface area contributed by atoms with Gasteiger partial charge in [-0.15, -0.1) is 0 Å². The molecule has 188 valence electrons. The smallest absolute Gasteiger partial charge is 0.224 e. The van der Waals surface area contributed by atoms with E-state index in [9.17, 15) is 4.79 Å². The van der Waals surface area contributed by atoms with Crippen molar-refractivity contribution >= 4 is 33.7 Å². The number of anilines is 1. The van der Waals surface area contributed by atoms with Gasteiger partial charge in [-0.3, -0.25) is 19.9 Å². The predicted octanol–water partition coefficient (Wildman–Crippen LogP) is 6.00. The maximum atomic E-state index is 12.4. The number of nitrogens with zero attached hydrogens (tertiary/aromatic N) is 5. The molecule has 0 aliphatic carbocycles. The van der Waals surface area contributed by atoms with Crippen molar-refractivity contribution < 1.29 is 4.79 Å². The molecule has 9 nitrogen and oxygen atoms in total. The average molecular weight is 503 g/mol. The highest BCUT2D eigenvalue weighted by atomic mass is 16.1. The number of hydrogen-bond acceptors (Lipinski definition) is 6. The van der Waals surface area contributed by atoms with Gasteiger partial charge in [0.2, 0.25) is 5.91 Å². The van der Waals surface area contributed by atoms with Crippen LogP contribution in [0.25, 0.3) is 56.0 Å². The zero-order valence-corrected chi connectivity index (χ0v) is 21.3. The first kappa shape index (κ1) is 23.5. The molecule has 5 aromatic heterocycles. The van der Waals surface area contributed by atoms with Crippen LogP contribution in [-0.4, -0.2) is 41.0 Å². The van der Waals surface area contributed by atoms with E-state index in [1.807, 2.05) is 69.3 Å². The fourth-order valence-corrected chi connectivity index (χ4v) is 4.49. The summed E-state index contributed by atoms with van der Waals surface area (Å²) in [6.45, 7) is 6.11. The number of H-pyrrole nitrogens is 2.